The van der Waals surface area contributed by atoms with Crippen molar-refractivity contribution < 1.29 is 27.5 Å². The Morgan fingerprint density at radius 2 is 1.86 bits per heavy atom. The lowest BCUT2D eigenvalue weighted by Crippen LogP contribution is -2.16. The zero-order chi connectivity index (χ0) is 16.3. The van der Waals surface area contributed by atoms with Crippen LogP contribution in [0.25, 0.3) is 0 Å². The minimum atomic E-state index is -1.73. The molecule has 7 heteroatoms. The van der Waals surface area contributed by atoms with E-state index in [1.54, 1.807) is 0 Å². The molecule has 0 bridgehead atoms. The van der Waals surface area contributed by atoms with Gasteiger partial charge >= 0.3 is 0 Å². The van der Waals surface area contributed by atoms with E-state index in [1.807, 2.05) is 0 Å². The molecule has 0 aliphatic heterocycles. The van der Waals surface area contributed by atoms with Gasteiger partial charge in [0.25, 0.3) is 5.91 Å². The molecule has 0 aromatic heterocycles. The third-order valence-corrected chi connectivity index (χ3v) is 2.89. The van der Waals surface area contributed by atoms with Gasteiger partial charge in [-0.1, -0.05) is 0 Å². The molecular weight excluding hydrogens is 299 g/mol. The molecular formula is C15H10F3NO3. The zero-order valence-corrected chi connectivity index (χ0v) is 11.3. The minimum absolute atomic E-state index is 0.0984. The summed E-state index contributed by atoms with van der Waals surface area (Å²) in [6.45, 7) is 0. The second kappa shape index (κ2) is 6.30. The molecule has 0 saturated carbocycles. The van der Waals surface area contributed by atoms with Crippen LogP contribution < -0.4 is 10.1 Å². The highest BCUT2D eigenvalue weighted by Gasteiger charge is 2.19. The maximum absolute atomic E-state index is 13.6. The Morgan fingerprint density at radius 1 is 1.14 bits per heavy atom. The summed E-state index contributed by atoms with van der Waals surface area (Å²) in [6.07, 6.45) is 0.549. The number of carbonyl (C=O) groups excluding carboxylic acids is 2. The molecule has 1 N–H and O–H groups in total. The molecule has 0 aliphatic rings. The van der Waals surface area contributed by atoms with Crippen molar-refractivity contribution in [1.29, 1.82) is 0 Å². The van der Waals surface area contributed by atoms with Gasteiger partial charge < -0.3 is 10.1 Å². The van der Waals surface area contributed by atoms with E-state index in [9.17, 15) is 22.8 Å². The SMILES string of the molecule is COc1ccc(C=O)cc1NC(=O)c1ccc(F)c(F)c1F. The average molecular weight is 309 g/mol. The number of anilines is 1. The van der Waals surface area contributed by atoms with Crippen LogP contribution in [0.3, 0.4) is 0 Å². The highest BCUT2D eigenvalue weighted by atomic mass is 19.2. The van der Waals surface area contributed by atoms with Crippen LogP contribution in [0.15, 0.2) is 30.3 Å². The predicted octanol–water partition coefficient (Wildman–Crippen LogP) is 3.18. The first-order valence-corrected chi connectivity index (χ1v) is 6.06. The quantitative estimate of drug-likeness (QED) is 0.697. The number of halogens is 3. The molecule has 0 radical (unpaired) electrons. The van der Waals surface area contributed by atoms with E-state index < -0.39 is 28.9 Å². The molecule has 0 aliphatic carbocycles. The Balaban J connectivity index is 2.37. The standard InChI is InChI=1S/C15H10F3NO3/c1-22-12-5-2-8(7-20)6-11(12)19-15(21)9-3-4-10(16)14(18)13(9)17/h2-7H,1H3,(H,19,21). The van der Waals surface area contributed by atoms with Crippen LogP contribution in [0.2, 0.25) is 0 Å². The number of carbonyl (C=O) groups is 2. The number of ether oxygens (including phenoxy) is 1. The topological polar surface area (TPSA) is 55.4 Å². The second-order valence-corrected chi connectivity index (χ2v) is 4.25. The Bertz CT molecular complexity index is 747. The van der Waals surface area contributed by atoms with Crippen molar-refractivity contribution in [2.24, 2.45) is 0 Å². The summed E-state index contributed by atoms with van der Waals surface area (Å²) < 4.78 is 44.6. The predicted molar refractivity (Wildman–Crippen MR) is 72.7 cm³/mol. The van der Waals surface area contributed by atoms with E-state index in [0.717, 1.165) is 6.07 Å². The summed E-state index contributed by atoms with van der Waals surface area (Å²) in [4.78, 5) is 22.7. The minimum Gasteiger partial charge on any atom is -0.495 e. The van der Waals surface area contributed by atoms with Crippen LogP contribution in [0.4, 0.5) is 18.9 Å². The molecule has 1 amide bonds. The molecule has 114 valence electrons. The molecule has 0 unspecified atom stereocenters. The molecule has 2 aromatic carbocycles. The molecule has 2 rings (SSSR count). The van der Waals surface area contributed by atoms with E-state index in [-0.39, 0.29) is 17.0 Å². The summed E-state index contributed by atoms with van der Waals surface area (Å²) in [5.41, 5.74) is -0.319. The Kier molecular flexibility index (Phi) is 4.45. The maximum Gasteiger partial charge on any atom is 0.258 e. The normalized spacial score (nSPS) is 10.2. The summed E-state index contributed by atoms with van der Waals surface area (Å²) >= 11 is 0. The van der Waals surface area contributed by atoms with Gasteiger partial charge in [-0.25, -0.2) is 13.2 Å². The van der Waals surface area contributed by atoms with Crippen LogP contribution >= 0.6 is 0 Å². The first-order chi connectivity index (χ1) is 10.5. The number of benzene rings is 2. The van der Waals surface area contributed by atoms with Crippen molar-refractivity contribution in [2.75, 3.05) is 12.4 Å². The largest absolute Gasteiger partial charge is 0.495 e. The summed E-state index contributed by atoms with van der Waals surface area (Å²) in [5, 5.41) is 2.29. The van der Waals surface area contributed by atoms with Gasteiger partial charge in [-0.15, -0.1) is 0 Å². The van der Waals surface area contributed by atoms with Crippen LogP contribution in [0.1, 0.15) is 20.7 Å². The van der Waals surface area contributed by atoms with Gasteiger partial charge in [0.15, 0.2) is 17.5 Å². The molecule has 0 atom stereocenters. The lowest BCUT2D eigenvalue weighted by molar-refractivity contribution is 0.102. The number of methoxy groups -OCH3 is 1. The van der Waals surface area contributed by atoms with E-state index in [2.05, 4.69) is 5.32 Å². The summed E-state index contributed by atoms with van der Waals surface area (Å²) in [6, 6.07) is 5.66. The number of hydrogen-bond donors (Lipinski definition) is 1. The second-order valence-electron chi connectivity index (χ2n) is 4.25. The molecule has 0 heterocycles. The summed E-state index contributed by atoms with van der Waals surface area (Å²) in [7, 11) is 1.34. The van der Waals surface area contributed by atoms with Gasteiger partial charge in [-0.3, -0.25) is 9.59 Å². The van der Waals surface area contributed by atoms with Crippen LogP contribution in [0, 0.1) is 17.5 Å². The average Bonchev–Trinajstić information content (AvgIpc) is 2.52. The fourth-order valence-electron chi connectivity index (χ4n) is 1.79. The van der Waals surface area contributed by atoms with Crippen LogP contribution in [0.5, 0.6) is 5.75 Å². The molecule has 0 saturated heterocycles. The number of nitrogens with one attached hydrogen (secondary N) is 1. The fraction of sp³-hybridized carbons (Fsp3) is 0.0667. The third kappa shape index (κ3) is 2.93. The number of hydrogen-bond acceptors (Lipinski definition) is 3. The van der Waals surface area contributed by atoms with Crippen molar-refractivity contribution in [3.8, 4) is 5.75 Å². The Hall–Kier alpha value is -2.83. The maximum atomic E-state index is 13.6. The van der Waals surface area contributed by atoms with Crippen LogP contribution in [-0.4, -0.2) is 19.3 Å². The molecule has 2 aromatic rings. The fourth-order valence-corrected chi connectivity index (χ4v) is 1.79. The van der Waals surface area contributed by atoms with Crippen molar-refractivity contribution >= 4 is 17.9 Å². The van der Waals surface area contributed by atoms with Gasteiger partial charge in [0.05, 0.1) is 18.4 Å². The van der Waals surface area contributed by atoms with E-state index in [0.29, 0.717) is 12.4 Å². The van der Waals surface area contributed by atoms with E-state index in [4.69, 9.17) is 4.74 Å². The van der Waals surface area contributed by atoms with Gasteiger partial charge in [0.2, 0.25) is 0 Å². The highest BCUT2D eigenvalue weighted by Crippen LogP contribution is 2.26. The van der Waals surface area contributed by atoms with Crippen LogP contribution in [-0.2, 0) is 0 Å². The van der Waals surface area contributed by atoms with E-state index in [1.165, 1.54) is 25.3 Å². The summed E-state index contributed by atoms with van der Waals surface area (Å²) in [5.74, 6) is -5.50. The molecule has 22 heavy (non-hydrogen) atoms. The lowest BCUT2D eigenvalue weighted by Gasteiger charge is -2.11. The monoisotopic (exact) mass is 309 g/mol. The number of amides is 1. The molecule has 0 spiro atoms. The molecule has 4 nitrogen and oxygen atoms in total. The first kappa shape index (κ1) is 15.6. The van der Waals surface area contributed by atoms with Crippen molar-refractivity contribution in [3.05, 3.63) is 58.9 Å². The van der Waals surface area contributed by atoms with Crippen molar-refractivity contribution in [2.45, 2.75) is 0 Å². The Morgan fingerprint density at radius 3 is 2.50 bits per heavy atom. The van der Waals surface area contributed by atoms with Crippen molar-refractivity contribution in [1.82, 2.24) is 0 Å². The van der Waals surface area contributed by atoms with Gasteiger partial charge in [0.1, 0.15) is 12.0 Å². The number of aldehydes is 1. The highest BCUT2D eigenvalue weighted by molar-refractivity contribution is 6.05. The zero-order valence-electron chi connectivity index (χ0n) is 11.3. The third-order valence-electron chi connectivity index (χ3n) is 2.89. The van der Waals surface area contributed by atoms with Gasteiger partial charge in [-0.2, -0.15) is 0 Å². The van der Waals surface area contributed by atoms with Gasteiger partial charge in [-0.05, 0) is 30.3 Å². The first-order valence-electron chi connectivity index (χ1n) is 6.06. The van der Waals surface area contributed by atoms with Crippen molar-refractivity contribution in [3.63, 3.8) is 0 Å². The number of rotatable bonds is 4. The smallest absolute Gasteiger partial charge is 0.258 e. The van der Waals surface area contributed by atoms with Gasteiger partial charge in [0, 0.05) is 5.56 Å². The van der Waals surface area contributed by atoms with E-state index >= 15 is 0 Å². The Labute approximate surface area is 123 Å². The lowest BCUT2D eigenvalue weighted by atomic mass is 10.1. The molecule has 0 fully saturated rings.